The third-order valence-corrected chi connectivity index (χ3v) is 3.80. The fourth-order valence-corrected chi connectivity index (χ4v) is 2.27. The highest BCUT2D eigenvalue weighted by molar-refractivity contribution is 5.97. The molecule has 1 saturated carbocycles. The van der Waals surface area contributed by atoms with Gasteiger partial charge in [0.25, 0.3) is 5.91 Å². The molecule has 1 fully saturated rings. The summed E-state index contributed by atoms with van der Waals surface area (Å²) in [6.07, 6.45) is 3.35. The van der Waals surface area contributed by atoms with E-state index in [1.54, 1.807) is 0 Å². The number of anilines is 1. The van der Waals surface area contributed by atoms with Gasteiger partial charge in [-0.1, -0.05) is 19.9 Å². The molecule has 1 amide bonds. The first-order valence-corrected chi connectivity index (χ1v) is 7.16. The molecule has 0 saturated heterocycles. The summed E-state index contributed by atoms with van der Waals surface area (Å²) in [7, 11) is 0. The average molecular weight is 260 g/mol. The highest BCUT2D eigenvalue weighted by Gasteiger charge is 2.33. The average Bonchev–Trinajstić information content (AvgIpc) is 3.17. The van der Waals surface area contributed by atoms with Gasteiger partial charge < -0.3 is 10.6 Å². The lowest BCUT2D eigenvalue weighted by molar-refractivity contribution is 0.0735. The number of rotatable bonds is 5. The van der Waals surface area contributed by atoms with Gasteiger partial charge in [-0.15, -0.1) is 0 Å². The highest BCUT2D eigenvalue weighted by Crippen LogP contribution is 2.30. The molecule has 1 aromatic carbocycles. The van der Waals surface area contributed by atoms with Crippen LogP contribution in [0, 0.1) is 12.8 Å². The predicted molar refractivity (Wildman–Crippen MR) is 79.1 cm³/mol. The number of hydrogen-bond acceptors (Lipinski definition) is 2. The van der Waals surface area contributed by atoms with Gasteiger partial charge in [-0.05, 0) is 49.8 Å². The molecule has 1 aliphatic rings. The van der Waals surface area contributed by atoms with Gasteiger partial charge >= 0.3 is 0 Å². The zero-order chi connectivity index (χ0) is 14.0. The molecule has 0 bridgehead atoms. The SMILES string of the molecule is Cc1c(N)cccc1C(=O)N(CCC(C)C)C1CC1. The van der Waals surface area contributed by atoms with Gasteiger partial charge in [-0.2, -0.15) is 0 Å². The Morgan fingerprint density at radius 2 is 2.11 bits per heavy atom. The normalized spacial score (nSPS) is 14.7. The minimum Gasteiger partial charge on any atom is -0.398 e. The number of nitrogen functional groups attached to an aromatic ring is 1. The molecular formula is C16H24N2O. The van der Waals surface area contributed by atoms with E-state index in [0.29, 0.717) is 17.6 Å². The van der Waals surface area contributed by atoms with Crippen molar-refractivity contribution in [2.24, 2.45) is 5.92 Å². The number of nitrogens with two attached hydrogens (primary N) is 1. The van der Waals surface area contributed by atoms with Crippen molar-refractivity contribution >= 4 is 11.6 Å². The summed E-state index contributed by atoms with van der Waals surface area (Å²) in [5, 5.41) is 0. The zero-order valence-electron chi connectivity index (χ0n) is 12.1. The lowest BCUT2D eigenvalue weighted by Gasteiger charge is -2.24. The predicted octanol–water partition coefficient (Wildman–Crippen LogP) is 3.23. The first-order chi connectivity index (χ1) is 9.00. The van der Waals surface area contributed by atoms with Crippen LogP contribution < -0.4 is 5.73 Å². The molecule has 0 spiro atoms. The number of nitrogens with zero attached hydrogens (tertiary/aromatic N) is 1. The van der Waals surface area contributed by atoms with Crippen molar-refractivity contribution in [3.63, 3.8) is 0 Å². The Hall–Kier alpha value is -1.51. The maximum Gasteiger partial charge on any atom is 0.254 e. The summed E-state index contributed by atoms with van der Waals surface area (Å²) in [5.74, 6) is 0.768. The molecule has 104 valence electrons. The number of hydrogen-bond donors (Lipinski definition) is 1. The second-order valence-corrected chi connectivity index (χ2v) is 5.93. The maximum atomic E-state index is 12.7. The Balaban J connectivity index is 2.17. The van der Waals surface area contributed by atoms with Crippen LogP contribution in [-0.2, 0) is 0 Å². The van der Waals surface area contributed by atoms with Crippen LogP contribution in [-0.4, -0.2) is 23.4 Å². The van der Waals surface area contributed by atoms with Crippen LogP contribution in [0.15, 0.2) is 18.2 Å². The van der Waals surface area contributed by atoms with Gasteiger partial charge in [0.05, 0.1) is 0 Å². The van der Waals surface area contributed by atoms with Gasteiger partial charge in [-0.3, -0.25) is 4.79 Å². The smallest absolute Gasteiger partial charge is 0.254 e. The summed E-state index contributed by atoms with van der Waals surface area (Å²) in [6, 6.07) is 6.05. The topological polar surface area (TPSA) is 46.3 Å². The van der Waals surface area contributed by atoms with Crippen LogP contribution in [0.3, 0.4) is 0 Å². The number of benzene rings is 1. The molecule has 1 aromatic rings. The van der Waals surface area contributed by atoms with E-state index in [9.17, 15) is 4.79 Å². The van der Waals surface area contributed by atoms with Crippen molar-refractivity contribution in [1.82, 2.24) is 4.90 Å². The molecule has 0 aromatic heterocycles. The zero-order valence-corrected chi connectivity index (χ0v) is 12.1. The Kier molecular flexibility index (Phi) is 4.13. The van der Waals surface area contributed by atoms with Gasteiger partial charge in [0.1, 0.15) is 0 Å². The van der Waals surface area contributed by atoms with E-state index in [0.717, 1.165) is 36.9 Å². The van der Waals surface area contributed by atoms with Gasteiger partial charge in [-0.25, -0.2) is 0 Å². The molecule has 1 aliphatic carbocycles. The van der Waals surface area contributed by atoms with E-state index >= 15 is 0 Å². The van der Waals surface area contributed by atoms with E-state index < -0.39 is 0 Å². The number of amides is 1. The highest BCUT2D eigenvalue weighted by atomic mass is 16.2. The first kappa shape index (κ1) is 13.9. The van der Waals surface area contributed by atoms with Crippen LogP contribution in [0.25, 0.3) is 0 Å². The molecule has 3 nitrogen and oxygen atoms in total. The van der Waals surface area contributed by atoms with E-state index in [1.165, 1.54) is 0 Å². The van der Waals surface area contributed by atoms with E-state index in [2.05, 4.69) is 13.8 Å². The standard InChI is InChI=1S/C16H24N2O/c1-11(2)9-10-18(13-7-8-13)16(19)14-5-4-6-15(17)12(14)3/h4-6,11,13H,7-10,17H2,1-3H3. The summed E-state index contributed by atoms with van der Waals surface area (Å²) in [4.78, 5) is 14.7. The van der Waals surface area contributed by atoms with E-state index in [1.807, 2.05) is 30.0 Å². The molecular weight excluding hydrogens is 236 g/mol. The van der Waals surface area contributed by atoms with Crippen molar-refractivity contribution in [1.29, 1.82) is 0 Å². The molecule has 2 N–H and O–H groups in total. The third-order valence-electron chi connectivity index (χ3n) is 3.80. The van der Waals surface area contributed by atoms with E-state index in [4.69, 9.17) is 5.73 Å². The van der Waals surface area contributed by atoms with Crippen LogP contribution in [0.4, 0.5) is 5.69 Å². The summed E-state index contributed by atoms with van der Waals surface area (Å²) in [6.45, 7) is 7.17. The summed E-state index contributed by atoms with van der Waals surface area (Å²) >= 11 is 0. The molecule has 3 heteroatoms. The van der Waals surface area contributed by atoms with Crippen molar-refractivity contribution < 1.29 is 4.79 Å². The van der Waals surface area contributed by atoms with Gasteiger partial charge in [0.2, 0.25) is 0 Å². The molecule has 0 aliphatic heterocycles. The Labute approximate surface area is 115 Å². The lowest BCUT2D eigenvalue weighted by atomic mass is 10.0. The summed E-state index contributed by atoms with van der Waals surface area (Å²) in [5.41, 5.74) is 8.27. The fourth-order valence-electron chi connectivity index (χ4n) is 2.27. The number of carbonyl (C=O) groups excluding carboxylic acids is 1. The minimum absolute atomic E-state index is 0.146. The maximum absolute atomic E-state index is 12.7. The minimum atomic E-state index is 0.146. The van der Waals surface area contributed by atoms with Crippen LogP contribution >= 0.6 is 0 Å². The van der Waals surface area contributed by atoms with Crippen LogP contribution in [0.2, 0.25) is 0 Å². The van der Waals surface area contributed by atoms with Crippen molar-refractivity contribution in [2.75, 3.05) is 12.3 Å². The molecule has 0 heterocycles. The Morgan fingerprint density at radius 1 is 1.42 bits per heavy atom. The second kappa shape index (κ2) is 5.64. The van der Waals surface area contributed by atoms with Crippen molar-refractivity contribution in [3.05, 3.63) is 29.3 Å². The van der Waals surface area contributed by atoms with Gasteiger partial charge in [0, 0.05) is 23.8 Å². The molecule has 0 atom stereocenters. The van der Waals surface area contributed by atoms with Crippen LogP contribution in [0.1, 0.15) is 49.0 Å². The first-order valence-electron chi connectivity index (χ1n) is 7.16. The third kappa shape index (κ3) is 3.28. The Bertz CT molecular complexity index is 464. The fraction of sp³-hybridized carbons (Fsp3) is 0.562. The monoisotopic (exact) mass is 260 g/mol. The molecule has 0 unspecified atom stereocenters. The second-order valence-electron chi connectivity index (χ2n) is 5.93. The number of carbonyl (C=O) groups is 1. The van der Waals surface area contributed by atoms with Gasteiger partial charge in [0.15, 0.2) is 0 Å². The van der Waals surface area contributed by atoms with Crippen LogP contribution in [0.5, 0.6) is 0 Å². The molecule has 2 rings (SSSR count). The lowest BCUT2D eigenvalue weighted by Crippen LogP contribution is -2.35. The molecule has 0 radical (unpaired) electrons. The Morgan fingerprint density at radius 3 is 2.68 bits per heavy atom. The van der Waals surface area contributed by atoms with E-state index in [-0.39, 0.29) is 5.91 Å². The largest absolute Gasteiger partial charge is 0.398 e. The summed E-state index contributed by atoms with van der Waals surface area (Å²) < 4.78 is 0. The van der Waals surface area contributed by atoms with Crippen molar-refractivity contribution in [3.8, 4) is 0 Å². The molecule has 19 heavy (non-hydrogen) atoms. The quantitative estimate of drug-likeness (QED) is 0.826. The van der Waals surface area contributed by atoms with Crippen molar-refractivity contribution in [2.45, 2.75) is 46.1 Å².